The predicted octanol–water partition coefficient (Wildman–Crippen LogP) is 5.25. The fraction of sp³-hybridized carbons (Fsp3) is 0.838. The molecule has 0 spiro atoms. The highest BCUT2D eigenvalue weighted by Crippen LogP contribution is 2.16. The van der Waals surface area contributed by atoms with Gasteiger partial charge in [0.15, 0.2) is 5.78 Å². The molecule has 0 rings (SSSR count). The molecule has 0 aliphatic rings. The maximum atomic E-state index is 13.0. The number of amides is 2. The summed E-state index contributed by atoms with van der Waals surface area (Å²) < 4.78 is 32.6. The first-order valence-electron chi connectivity index (χ1n) is 19.5. The number of hydrogen-bond acceptors (Lipinski definition) is 9. The van der Waals surface area contributed by atoms with E-state index >= 15 is 0 Å². The summed E-state index contributed by atoms with van der Waals surface area (Å²) in [4.78, 5) is 72.1. The molecule has 2 amide bonds. The Morgan fingerprint density at radius 2 is 1.06 bits per heavy atom. The third-order valence-corrected chi connectivity index (χ3v) is 10.1. The molecular weight excluding hydrogens is 710 g/mol. The highest BCUT2D eigenvalue weighted by Gasteiger charge is 2.31. The fourth-order valence-electron chi connectivity index (χ4n) is 5.87. The van der Waals surface area contributed by atoms with E-state index in [0.717, 1.165) is 70.6 Å². The molecular formula is C37H67N3O12S. The Kier molecular flexibility index (Phi) is 28.5. The lowest BCUT2D eigenvalue weighted by Crippen LogP contribution is -2.46. The van der Waals surface area contributed by atoms with Crippen molar-refractivity contribution in [1.29, 1.82) is 0 Å². The molecule has 0 heterocycles. The molecule has 0 aliphatic carbocycles. The van der Waals surface area contributed by atoms with Crippen LogP contribution in [0.1, 0.15) is 162 Å². The van der Waals surface area contributed by atoms with Crippen LogP contribution in [0.3, 0.4) is 0 Å². The standard InChI is InChI=1S/C37H67N3O12S/c1-3-28(2)38-25-19-18-20-30(37(48)49)39-34(43)24-23-29(36(46)47)26-32(41)31(27-53(50,51)52)40-33(42)21-16-14-12-10-8-6-4-5-7-9-11-13-15-17-22-35(44)45/h28-31,38H,3-27H2,1-2H3,(H,39,43)(H,40,42)(H,44,45)(H,46,47)(H,48,49)(H,50,51,52). The van der Waals surface area contributed by atoms with E-state index in [1.165, 1.54) is 19.3 Å². The number of ketones is 1. The number of Topliss-reactive ketones (excluding diaryl/α,β-unsaturated/α-hetero) is 1. The van der Waals surface area contributed by atoms with Gasteiger partial charge in [0.05, 0.1) is 5.92 Å². The van der Waals surface area contributed by atoms with Crippen molar-refractivity contribution in [3.63, 3.8) is 0 Å². The predicted molar refractivity (Wildman–Crippen MR) is 201 cm³/mol. The second-order valence-electron chi connectivity index (χ2n) is 14.2. The third-order valence-electron chi connectivity index (χ3n) is 9.32. The van der Waals surface area contributed by atoms with Crippen molar-refractivity contribution in [1.82, 2.24) is 16.0 Å². The largest absolute Gasteiger partial charge is 0.481 e. The van der Waals surface area contributed by atoms with Gasteiger partial charge in [-0.2, -0.15) is 8.42 Å². The van der Waals surface area contributed by atoms with Crippen LogP contribution in [0.4, 0.5) is 0 Å². The molecule has 16 heteroatoms. The van der Waals surface area contributed by atoms with E-state index in [2.05, 4.69) is 16.0 Å². The number of unbranched alkanes of at least 4 members (excludes halogenated alkanes) is 14. The minimum Gasteiger partial charge on any atom is -0.481 e. The van der Waals surface area contributed by atoms with Crippen LogP contribution in [-0.4, -0.2) is 94.2 Å². The number of carbonyl (C=O) groups is 6. The Morgan fingerprint density at radius 1 is 0.585 bits per heavy atom. The molecule has 0 saturated heterocycles. The van der Waals surface area contributed by atoms with E-state index in [1.54, 1.807) is 0 Å². The molecule has 0 bridgehead atoms. The molecule has 4 atom stereocenters. The van der Waals surface area contributed by atoms with Crippen molar-refractivity contribution >= 4 is 45.6 Å². The second-order valence-corrected chi connectivity index (χ2v) is 15.7. The summed E-state index contributed by atoms with van der Waals surface area (Å²) in [6.07, 6.45) is 15.2. The third kappa shape index (κ3) is 30.0. The Labute approximate surface area is 316 Å². The lowest BCUT2D eigenvalue weighted by atomic mass is 9.94. The SMILES string of the molecule is CCC(C)NCCCCC(NC(=O)CCC(CC(=O)C(CS(=O)(=O)O)NC(=O)CCCCCCCCCCCCCCCCC(=O)O)C(=O)O)C(=O)O. The van der Waals surface area contributed by atoms with Crippen LogP contribution >= 0.6 is 0 Å². The molecule has 15 nitrogen and oxygen atoms in total. The molecule has 0 radical (unpaired) electrons. The summed E-state index contributed by atoms with van der Waals surface area (Å²) in [5.41, 5.74) is 0. The van der Waals surface area contributed by atoms with Gasteiger partial charge in [0, 0.05) is 31.7 Å². The monoisotopic (exact) mass is 777 g/mol. The summed E-state index contributed by atoms with van der Waals surface area (Å²) in [6.45, 7) is 4.79. The number of carboxylic acids is 3. The van der Waals surface area contributed by atoms with Crippen molar-refractivity contribution < 1.29 is 57.1 Å². The first kappa shape index (κ1) is 49.9. The molecule has 0 fully saturated rings. The molecule has 0 aliphatic heterocycles. The van der Waals surface area contributed by atoms with Crippen LogP contribution < -0.4 is 16.0 Å². The van der Waals surface area contributed by atoms with Gasteiger partial charge >= 0.3 is 17.9 Å². The molecule has 0 aromatic heterocycles. The highest BCUT2D eigenvalue weighted by molar-refractivity contribution is 7.85. The summed E-state index contributed by atoms with van der Waals surface area (Å²) in [6, 6.07) is -2.49. The van der Waals surface area contributed by atoms with Gasteiger partial charge in [0.1, 0.15) is 17.8 Å². The van der Waals surface area contributed by atoms with Crippen LogP contribution in [0.15, 0.2) is 0 Å². The quantitative estimate of drug-likeness (QED) is 0.0317. The van der Waals surface area contributed by atoms with Gasteiger partial charge in [-0.25, -0.2) is 4.79 Å². The number of hydrogen-bond donors (Lipinski definition) is 7. The molecule has 308 valence electrons. The van der Waals surface area contributed by atoms with Gasteiger partial charge in [0.2, 0.25) is 11.8 Å². The molecule has 0 saturated carbocycles. The Balaban J connectivity index is 4.57. The Hall–Kier alpha value is -3.11. The van der Waals surface area contributed by atoms with Crippen molar-refractivity contribution in [2.45, 2.75) is 180 Å². The van der Waals surface area contributed by atoms with E-state index < -0.39 is 82.2 Å². The molecule has 7 N–H and O–H groups in total. The molecule has 53 heavy (non-hydrogen) atoms. The number of carboxylic acid groups (broad SMARTS) is 3. The van der Waals surface area contributed by atoms with Crippen LogP contribution in [0.25, 0.3) is 0 Å². The minimum absolute atomic E-state index is 0.0210. The maximum absolute atomic E-state index is 13.0. The van der Waals surface area contributed by atoms with Crippen LogP contribution in [0, 0.1) is 5.92 Å². The first-order valence-corrected chi connectivity index (χ1v) is 21.1. The van der Waals surface area contributed by atoms with Gasteiger partial charge < -0.3 is 31.3 Å². The van der Waals surface area contributed by atoms with Crippen LogP contribution in [-0.2, 0) is 38.9 Å². The summed E-state index contributed by atoms with van der Waals surface area (Å²) in [7, 11) is -4.71. The van der Waals surface area contributed by atoms with Crippen molar-refractivity contribution in [3.05, 3.63) is 0 Å². The van der Waals surface area contributed by atoms with Crippen molar-refractivity contribution in [3.8, 4) is 0 Å². The smallest absolute Gasteiger partial charge is 0.326 e. The van der Waals surface area contributed by atoms with Crippen molar-refractivity contribution in [2.75, 3.05) is 12.3 Å². The normalized spacial score (nSPS) is 13.8. The molecule has 0 aromatic carbocycles. The summed E-state index contributed by atoms with van der Waals surface area (Å²) in [5, 5.41) is 35.9. The number of carbonyl (C=O) groups excluding carboxylic acids is 3. The van der Waals surface area contributed by atoms with Crippen molar-refractivity contribution in [2.24, 2.45) is 5.92 Å². The van der Waals surface area contributed by atoms with E-state index in [9.17, 15) is 52.0 Å². The Morgan fingerprint density at radius 3 is 1.51 bits per heavy atom. The van der Waals surface area contributed by atoms with E-state index in [4.69, 9.17) is 5.11 Å². The van der Waals surface area contributed by atoms with Crippen LogP contribution in [0.2, 0.25) is 0 Å². The first-order chi connectivity index (χ1) is 25.0. The number of aliphatic carboxylic acids is 3. The second kappa shape index (κ2) is 30.2. The highest BCUT2D eigenvalue weighted by atomic mass is 32.2. The molecule has 0 aromatic rings. The van der Waals surface area contributed by atoms with Crippen LogP contribution in [0.5, 0.6) is 0 Å². The van der Waals surface area contributed by atoms with E-state index in [1.807, 2.05) is 13.8 Å². The molecule has 4 unspecified atom stereocenters. The number of rotatable bonds is 36. The van der Waals surface area contributed by atoms with Gasteiger partial charge in [-0.3, -0.25) is 28.5 Å². The van der Waals surface area contributed by atoms with Gasteiger partial charge in [-0.05, 0) is 58.4 Å². The van der Waals surface area contributed by atoms with Gasteiger partial charge in [0.25, 0.3) is 10.1 Å². The number of nitrogens with one attached hydrogen (secondary N) is 3. The van der Waals surface area contributed by atoms with E-state index in [0.29, 0.717) is 31.8 Å². The minimum atomic E-state index is -4.71. The average Bonchev–Trinajstić information content (AvgIpc) is 3.07. The zero-order valence-electron chi connectivity index (χ0n) is 32.0. The summed E-state index contributed by atoms with van der Waals surface area (Å²) in [5.74, 6) is -8.14. The van der Waals surface area contributed by atoms with E-state index in [-0.39, 0.29) is 25.7 Å². The summed E-state index contributed by atoms with van der Waals surface area (Å²) >= 11 is 0. The Bertz CT molecular complexity index is 1200. The maximum Gasteiger partial charge on any atom is 0.326 e. The zero-order valence-corrected chi connectivity index (χ0v) is 32.8. The average molecular weight is 778 g/mol. The van der Waals surface area contributed by atoms with Gasteiger partial charge in [-0.15, -0.1) is 0 Å². The fourth-order valence-corrected chi connectivity index (χ4v) is 6.56. The lowest BCUT2D eigenvalue weighted by Gasteiger charge is -2.19. The van der Waals surface area contributed by atoms with Gasteiger partial charge in [-0.1, -0.05) is 84.0 Å². The lowest BCUT2D eigenvalue weighted by molar-refractivity contribution is -0.145. The topological polar surface area (TPSA) is 254 Å². The zero-order chi connectivity index (χ0) is 40.1.